The quantitative estimate of drug-likeness (QED) is 0.151. The summed E-state index contributed by atoms with van der Waals surface area (Å²) in [5.41, 5.74) is -2.37. The summed E-state index contributed by atoms with van der Waals surface area (Å²) in [7, 11) is 1.21. The molecule has 7 nitrogen and oxygen atoms in total. The number of alkyl carbamates (subject to hydrolysis) is 1. The summed E-state index contributed by atoms with van der Waals surface area (Å²) in [5, 5.41) is 2.65. The van der Waals surface area contributed by atoms with Gasteiger partial charge in [0.1, 0.15) is 5.60 Å². The Morgan fingerprint density at radius 1 is 0.809 bits per heavy atom. The van der Waals surface area contributed by atoms with E-state index < -0.39 is 59.7 Å². The molecule has 1 N–H and O–H groups in total. The Kier molecular flexibility index (Phi) is 12.8. The standard InChI is InChI=1S/C34H38F6N2O5/c1-32(2,3)47-31(44)41-15-16-42(20-29(43)45-4)28(30(24-11-7-5-8-12-24)25-13-9-6-10-14-25)22-46-21-23-17-26(33(35,36)37)19-27(18-23)34(38,39)40/h5-14,17-19,28,30H,15-16,20-22H2,1-4H3,(H,41,44). The van der Waals surface area contributed by atoms with E-state index in [0.717, 1.165) is 11.1 Å². The fraction of sp³-hybridized carbons (Fsp3) is 0.412. The number of halogens is 6. The van der Waals surface area contributed by atoms with Crippen molar-refractivity contribution in [1.29, 1.82) is 0 Å². The highest BCUT2D eigenvalue weighted by atomic mass is 19.4. The van der Waals surface area contributed by atoms with Crippen molar-refractivity contribution in [2.24, 2.45) is 0 Å². The third kappa shape index (κ3) is 11.9. The first kappa shape index (κ1) is 37.4. The van der Waals surface area contributed by atoms with Crippen molar-refractivity contribution in [3.8, 4) is 0 Å². The van der Waals surface area contributed by atoms with Gasteiger partial charge in [0, 0.05) is 25.0 Å². The molecule has 1 atom stereocenters. The lowest BCUT2D eigenvalue weighted by molar-refractivity contribution is -0.144. The van der Waals surface area contributed by atoms with Crippen molar-refractivity contribution >= 4 is 12.1 Å². The minimum atomic E-state index is -5.01. The van der Waals surface area contributed by atoms with Crippen LogP contribution in [0.25, 0.3) is 0 Å². The summed E-state index contributed by atoms with van der Waals surface area (Å²) in [4.78, 5) is 26.7. The number of nitrogens with one attached hydrogen (secondary N) is 1. The summed E-state index contributed by atoms with van der Waals surface area (Å²) < 4.78 is 97.1. The largest absolute Gasteiger partial charge is 0.468 e. The summed E-state index contributed by atoms with van der Waals surface area (Å²) in [6.45, 7) is 4.15. The van der Waals surface area contributed by atoms with Crippen LogP contribution in [0.2, 0.25) is 0 Å². The second-order valence-electron chi connectivity index (χ2n) is 11.8. The van der Waals surface area contributed by atoms with Gasteiger partial charge >= 0.3 is 24.4 Å². The molecule has 0 heterocycles. The Balaban J connectivity index is 2.01. The van der Waals surface area contributed by atoms with Crippen LogP contribution in [0.3, 0.4) is 0 Å². The van der Waals surface area contributed by atoms with Crippen LogP contribution in [0.1, 0.15) is 54.5 Å². The number of hydrogen-bond acceptors (Lipinski definition) is 6. The van der Waals surface area contributed by atoms with E-state index in [1.165, 1.54) is 7.11 Å². The number of benzene rings is 3. The van der Waals surface area contributed by atoms with Crippen LogP contribution in [0.5, 0.6) is 0 Å². The van der Waals surface area contributed by atoms with Gasteiger partial charge < -0.3 is 19.5 Å². The van der Waals surface area contributed by atoms with E-state index in [2.05, 4.69) is 5.32 Å². The molecule has 47 heavy (non-hydrogen) atoms. The third-order valence-corrected chi connectivity index (χ3v) is 7.00. The predicted molar refractivity (Wildman–Crippen MR) is 162 cm³/mol. The summed E-state index contributed by atoms with van der Waals surface area (Å²) >= 11 is 0. The highest BCUT2D eigenvalue weighted by Crippen LogP contribution is 2.37. The second kappa shape index (κ2) is 16.1. The smallest absolute Gasteiger partial charge is 0.416 e. The van der Waals surface area contributed by atoms with Gasteiger partial charge in [0.05, 0.1) is 38.0 Å². The average molecular weight is 669 g/mol. The van der Waals surface area contributed by atoms with E-state index in [-0.39, 0.29) is 37.9 Å². The highest BCUT2D eigenvalue weighted by Gasteiger charge is 2.37. The van der Waals surface area contributed by atoms with Gasteiger partial charge in [0.15, 0.2) is 0 Å². The van der Waals surface area contributed by atoms with Gasteiger partial charge in [-0.1, -0.05) is 60.7 Å². The molecule has 256 valence electrons. The number of rotatable bonds is 13. The van der Waals surface area contributed by atoms with Gasteiger partial charge in [0.25, 0.3) is 0 Å². The van der Waals surface area contributed by atoms with E-state index in [4.69, 9.17) is 14.2 Å². The molecule has 0 aromatic heterocycles. The molecule has 0 saturated heterocycles. The Bertz CT molecular complexity index is 1370. The Morgan fingerprint density at radius 2 is 1.32 bits per heavy atom. The van der Waals surface area contributed by atoms with E-state index in [1.807, 2.05) is 60.7 Å². The minimum Gasteiger partial charge on any atom is -0.468 e. The number of amides is 1. The number of nitrogens with zero attached hydrogens (tertiary/aromatic N) is 1. The lowest BCUT2D eigenvalue weighted by Crippen LogP contribution is -2.49. The van der Waals surface area contributed by atoms with Crippen molar-refractivity contribution in [3.05, 3.63) is 107 Å². The van der Waals surface area contributed by atoms with E-state index in [1.54, 1.807) is 25.7 Å². The minimum absolute atomic E-state index is 0.0290. The van der Waals surface area contributed by atoms with E-state index in [0.29, 0.717) is 12.1 Å². The Morgan fingerprint density at radius 3 is 1.77 bits per heavy atom. The van der Waals surface area contributed by atoms with Crippen LogP contribution in [0, 0.1) is 0 Å². The molecule has 0 saturated carbocycles. The molecule has 3 rings (SSSR count). The molecule has 0 spiro atoms. The predicted octanol–water partition coefficient (Wildman–Crippen LogP) is 7.44. The number of ether oxygens (including phenoxy) is 3. The first-order chi connectivity index (χ1) is 22.0. The van der Waals surface area contributed by atoms with Gasteiger partial charge in [0.2, 0.25) is 0 Å². The SMILES string of the molecule is COC(=O)CN(CCNC(=O)OC(C)(C)C)C(COCc1cc(C(F)(F)F)cc(C(F)(F)F)c1)C(c1ccccc1)c1ccccc1. The van der Waals surface area contributed by atoms with Crippen molar-refractivity contribution in [3.63, 3.8) is 0 Å². The molecule has 13 heteroatoms. The molecule has 0 aliphatic carbocycles. The maximum absolute atomic E-state index is 13.5. The molecule has 0 aliphatic heterocycles. The molecule has 0 fully saturated rings. The highest BCUT2D eigenvalue weighted by molar-refractivity contribution is 5.71. The van der Waals surface area contributed by atoms with Gasteiger partial charge in [-0.3, -0.25) is 9.69 Å². The van der Waals surface area contributed by atoms with Crippen LogP contribution in [-0.2, 0) is 38.0 Å². The van der Waals surface area contributed by atoms with Gasteiger partial charge in [-0.05, 0) is 55.7 Å². The Labute approximate surface area is 269 Å². The number of carbonyl (C=O) groups is 2. The summed E-state index contributed by atoms with van der Waals surface area (Å²) in [5.74, 6) is -1.10. The normalized spacial score (nSPS) is 13.0. The first-order valence-corrected chi connectivity index (χ1v) is 14.7. The zero-order chi connectivity index (χ0) is 34.8. The zero-order valence-electron chi connectivity index (χ0n) is 26.5. The second-order valence-corrected chi connectivity index (χ2v) is 11.8. The maximum atomic E-state index is 13.5. The van der Waals surface area contributed by atoms with Crippen molar-refractivity contribution in [2.75, 3.05) is 33.4 Å². The number of carbonyl (C=O) groups excluding carboxylic acids is 2. The van der Waals surface area contributed by atoms with Crippen molar-refractivity contribution in [2.45, 2.75) is 57.3 Å². The van der Waals surface area contributed by atoms with E-state index in [9.17, 15) is 35.9 Å². The lowest BCUT2D eigenvalue weighted by Gasteiger charge is -2.37. The fourth-order valence-corrected chi connectivity index (χ4v) is 4.98. The topological polar surface area (TPSA) is 77.1 Å². The monoisotopic (exact) mass is 668 g/mol. The molecule has 0 aliphatic rings. The number of hydrogen-bond donors (Lipinski definition) is 1. The van der Waals surface area contributed by atoms with Crippen LogP contribution in [0.15, 0.2) is 78.9 Å². The number of esters is 1. The fourth-order valence-electron chi connectivity index (χ4n) is 4.98. The molecule has 0 bridgehead atoms. The van der Waals surface area contributed by atoms with Gasteiger partial charge in [-0.2, -0.15) is 26.3 Å². The molecule has 1 unspecified atom stereocenters. The zero-order valence-corrected chi connectivity index (χ0v) is 26.5. The van der Waals surface area contributed by atoms with Crippen LogP contribution >= 0.6 is 0 Å². The first-order valence-electron chi connectivity index (χ1n) is 14.7. The van der Waals surface area contributed by atoms with Crippen LogP contribution in [-0.4, -0.2) is 62.0 Å². The number of alkyl halides is 6. The summed E-state index contributed by atoms with van der Waals surface area (Å²) in [6.07, 6.45) is -10.7. The van der Waals surface area contributed by atoms with Crippen molar-refractivity contribution in [1.82, 2.24) is 10.2 Å². The third-order valence-electron chi connectivity index (χ3n) is 7.00. The molecular weight excluding hydrogens is 630 g/mol. The molecule has 3 aromatic carbocycles. The lowest BCUT2D eigenvalue weighted by atomic mass is 9.84. The Hall–Kier alpha value is -4.10. The molecule has 1 amide bonds. The molecule has 3 aromatic rings. The molecule has 0 radical (unpaired) electrons. The van der Waals surface area contributed by atoms with Crippen LogP contribution < -0.4 is 5.32 Å². The molecular formula is C34H38F6N2O5. The van der Waals surface area contributed by atoms with Gasteiger partial charge in [-0.25, -0.2) is 4.79 Å². The van der Waals surface area contributed by atoms with E-state index >= 15 is 0 Å². The van der Waals surface area contributed by atoms with Crippen LogP contribution in [0.4, 0.5) is 31.1 Å². The maximum Gasteiger partial charge on any atom is 0.416 e. The van der Waals surface area contributed by atoms with Gasteiger partial charge in [-0.15, -0.1) is 0 Å². The average Bonchev–Trinajstić information content (AvgIpc) is 2.99. The number of methoxy groups -OCH3 is 1. The van der Waals surface area contributed by atoms with Crippen molar-refractivity contribution < 1.29 is 50.1 Å². The summed E-state index contributed by atoms with van der Waals surface area (Å²) in [6, 6.07) is 18.9.